The maximum atomic E-state index is 12.4. The van der Waals surface area contributed by atoms with E-state index >= 15 is 0 Å². The van der Waals surface area contributed by atoms with Gasteiger partial charge in [0.25, 0.3) is 0 Å². The third-order valence-corrected chi connectivity index (χ3v) is 4.06. The van der Waals surface area contributed by atoms with Crippen LogP contribution in [-0.2, 0) is 11.0 Å². The molecule has 2 aromatic carbocycles. The van der Waals surface area contributed by atoms with Crippen LogP contribution in [0.15, 0.2) is 63.9 Å². The van der Waals surface area contributed by atoms with Gasteiger partial charge in [0, 0.05) is 0 Å². The Kier molecular flexibility index (Phi) is 4.85. The standard InChI is InChI=1S/C17H19NOS/c1-13(2)17(15-7-5-4-6-8-15)18-20(19)16-11-9-14(3)10-12-16/h4-13H,1-3H3. The van der Waals surface area contributed by atoms with E-state index in [2.05, 4.69) is 18.2 Å². The Bertz CT molecular complexity index is 615. The van der Waals surface area contributed by atoms with Gasteiger partial charge in [0.2, 0.25) is 0 Å². The number of aryl methyl sites for hydroxylation is 1. The molecule has 2 aromatic rings. The van der Waals surface area contributed by atoms with Crippen molar-refractivity contribution in [2.45, 2.75) is 25.7 Å². The SMILES string of the molecule is Cc1ccc(S(=O)N=C(c2ccccc2)C(C)C)cc1. The highest BCUT2D eigenvalue weighted by atomic mass is 32.2. The number of benzene rings is 2. The smallest absolute Gasteiger partial charge is 0.172 e. The summed E-state index contributed by atoms with van der Waals surface area (Å²) in [5.41, 5.74) is 3.06. The summed E-state index contributed by atoms with van der Waals surface area (Å²) in [6, 6.07) is 17.6. The zero-order chi connectivity index (χ0) is 14.5. The summed E-state index contributed by atoms with van der Waals surface area (Å²) in [7, 11) is -1.35. The van der Waals surface area contributed by atoms with Crippen molar-refractivity contribution in [2.24, 2.45) is 10.3 Å². The van der Waals surface area contributed by atoms with Gasteiger partial charge in [-0.2, -0.15) is 4.40 Å². The van der Waals surface area contributed by atoms with Gasteiger partial charge in [-0.05, 0) is 30.5 Å². The Morgan fingerprint density at radius 2 is 1.60 bits per heavy atom. The molecule has 0 saturated heterocycles. The third-order valence-electron chi connectivity index (χ3n) is 3.02. The highest BCUT2D eigenvalue weighted by Crippen LogP contribution is 2.15. The van der Waals surface area contributed by atoms with E-state index in [0.717, 1.165) is 21.7 Å². The average Bonchev–Trinajstić information content (AvgIpc) is 2.46. The number of nitrogens with zero attached hydrogens (tertiary/aromatic N) is 1. The molecular weight excluding hydrogens is 266 g/mol. The predicted molar refractivity (Wildman–Crippen MR) is 85.4 cm³/mol. The first-order chi connectivity index (χ1) is 9.58. The zero-order valence-electron chi connectivity index (χ0n) is 12.0. The van der Waals surface area contributed by atoms with E-state index < -0.39 is 11.0 Å². The first kappa shape index (κ1) is 14.7. The molecular formula is C17H19NOS. The minimum atomic E-state index is -1.35. The van der Waals surface area contributed by atoms with Crippen molar-refractivity contribution in [3.8, 4) is 0 Å². The van der Waals surface area contributed by atoms with Gasteiger partial charge in [-0.3, -0.25) is 0 Å². The van der Waals surface area contributed by atoms with Crippen LogP contribution in [0, 0.1) is 12.8 Å². The van der Waals surface area contributed by atoms with Gasteiger partial charge in [0.1, 0.15) is 0 Å². The molecule has 0 fully saturated rings. The molecule has 0 N–H and O–H groups in total. The second kappa shape index (κ2) is 6.62. The quantitative estimate of drug-likeness (QED) is 0.775. The lowest BCUT2D eigenvalue weighted by atomic mass is 10.0. The molecule has 0 aromatic heterocycles. The largest absolute Gasteiger partial charge is 0.229 e. The zero-order valence-corrected chi connectivity index (χ0v) is 12.9. The van der Waals surface area contributed by atoms with E-state index in [1.807, 2.05) is 61.5 Å². The summed E-state index contributed by atoms with van der Waals surface area (Å²) >= 11 is 0. The predicted octanol–water partition coefficient (Wildman–Crippen LogP) is 4.16. The summed E-state index contributed by atoms with van der Waals surface area (Å²) in [6.07, 6.45) is 0. The molecule has 0 amide bonds. The molecule has 0 aliphatic heterocycles. The molecule has 0 saturated carbocycles. The summed E-state index contributed by atoms with van der Waals surface area (Å²) in [4.78, 5) is 0.740. The summed E-state index contributed by atoms with van der Waals surface area (Å²) < 4.78 is 16.8. The monoisotopic (exact) mass is 285 g/mol. The molecule has 104 valence electrons. The second-order valence-electron chi connectivity index (χ2n) is 5.06. The van der Waals surface area contributed by atoms with Gasteiger partial charge >= 0.3 is 0 Å². The molecule has 0 aliphatic carbocycles. The molecule has 2 rings (SSSR count). The van der Waals surface area contributed by atoms with Gasteiger partial charge in [0.15, 0.2) is 11.0 Å². The summed E-state index contributed by atoms with van der Waals surface area (Å²) in [6.45, 7) is 6.15. The van der Waals surface area contributed by atoms with E-state index in [1.165, 1.54) is 0 Å². The van der Waals surface area contributed by atoms with E-state index in [1.54, 1.807) is 0 Å². The molecule has 2 nitrogen and oxygen atoms in total. The highest BCUT2D eigenvalue weighted by molar-refractivity contribution is 7.84. The van der Waals surface area contributed by atoms with Crippen molar-refractivity contribution in [3.63, 3.8) is 0 Å². The van der Waals surface area contributed by atoms with Gasteiger partial charge in [-0.15, -0.1) is 0 Å². The first-order valence-corrected chi connectivity index (χ1v) is 7.81. The Hall–Kier alpha value is -1.74. The number of rotatable bonds is 4. The molecule has 1 atom stereocenters. The topological polar surface area (TPSA) is 29.4 Å². The van der Waals surface area contributed by atoms with E-state index in [4.69, 9.17) is 0 Å². The van der Waals surface area contributed by atoms with Gasteiger partial charge in [-0.1, -0.05) is 61.9 Å². The van der Waals surface area contributed by atoms with Crippen LogP contribution in [0.25, 0.3) is 0 Å². The van der Waals surface area contributed by atoms with E-state index in [9.17, 15) is 4.21 Å². The average molecular weight is 285 g/mol. The van der Waals surface area contributed by atoms with Crippen molar-refractivity contribution < 1.29 is 4.21 Å². The van der Waals surface area contributed by atoms with Gasteiger partial charge in [0.05, 0.1) is 10.6 Å². The maximum Gasteiger partial charge on any atom is 0.172 e. The number of hydrogen-bond donors (Lipinski definition) is 0. The van der Waals surface area contributed by atoms with Crippen LogP contribution in [0.5, 0.6) is 0 Å². The normalized spacial score (nSPS) is 13.5. The van der Waals surface area contributed by atoms with E-state index in [-0.39, 0.29) is 5.92 Å². The molecule has 0 spiro atoms. The molecule has 20 heavy (non-hydrogen) atoms. The Morgan fingerprint density at radius 3 is 2.15 bits per heavy atom. The lowest BCUT2D eigenvalue weighted by Gasteiger charge is -2.10. The minimum absolute atomic E-state index is 0.229. The molecule has 0 radical (unpaired) electrons. The fourth-order valence-corrected chi connectivity index (χ4v) is 2.87. The van der Waals surface area contributed by atoms with Crippen LogP contribution in [-0.4, -0.2) is 9.92 Å². The third kappa shape index (κ3) is 3.64. The lowest BCUT2D eigenvalue weighted by Crippen LogP contribution is -2.10. The van der Waals surface area contributed by atoms with Crippen LogP contribution in [0.3, 0.4) is 0 Å². The molecule has 0 heterocycles. The van der Waals surface area contributed by atoms with E-state index in [0.29, 0.717) is 0 Å². The van der Waals surface area contributed by atoms with Crippen molar-refractivity contribution in [1.82, 2.24) is 0 Å². The van der Waals surface area contributed by atoms with Gasteiger partial charge < -0.3 is 0 Å². The van der Waals surface area contributed by atoms with Crippen molar-refractivity contribution in [1.29, 1.82) is 0 Å². The fourth-order valence-electron chi connectivity index (χ4n) is 1.90. The summed E-state index contributed by atoms with van der Waals surface area (Å²) in [5.74, 6) is 0.229. The highest BCUT2D eigenvalue weighted by Gasteiger charge is 2.11. The van der Waals surface area contributed by atoms with Crippen LogP contribution in [0.4, 0.5) is 0 Å². The Labute approximate surface area is 123 Å². The molecule has 0 bridgehead atoms. The number of hydrogen-bond acceptors (Lipinski definition) is 1. The van der Waals surface area contributed by atoms with Crippen LogP contribution >= 0.6 is 0 Å². The minimum Gasteiger partial charge on any atom is -0.229 e. The molecule has 3 heteroatoms. The lowest BCUT2D eigenvalue weighted by molar-refractivity contribution is 0.684. The second-order valence-corrected chi connectivity index (χ2v) is 6.21. The molecule has 1 unspecified atom stereocenters. The van der Waals surface area contributed by atoms with Crippen molar-refractivity contribution >= 4 is 16.7 Å². The van der Waals surface area contributed by atoms with Crippen molar-refractivity contribution in [3.05, 3.63) is 65.7 Å². The Morgan fingerprint density at radius 1 is 1.00 bits per heavy atom. The Balaban J connectivity index is 2.34. The summed E-state index contributed by atoms with van der Waals surface area (Å²) in [5, 5.41) is 0. The van der Waals surface area contributed by atoms with Crippen LogP contribution in [0.1, 0.15) is 25.0 Å². The van der Waals surface area contributed by atoms with Crippen LogP contribution < -0.4 is 0 Å². The van der Waals surface area contributed by atoms with Gasteiger partial charge in [-0.25, -0.2) is 4.21 Å². The molecule has 0 aliphatic rings. The maximum absolute atomic E-state index is 12.4. The fraction of sp³-hybridized carbons (Fsp3) is 0.235. The first-order valence-electron chi connectivity index (χ1n) is 6.70. The van der Waals surface area contributed by atoms with Crippen molar-refractivity contribution in [2.75, 3.05) is 0 Å². The van der Waals surface area contributed by atoms with Crippen LogP contribution in [0.2, 0.25) is 0 Å².